The van der Waals surface area contributed by atoms with Gasteiger partial charge in [-0.25, -0.2) is 0 Å². The summed E-state index contributed by atoms with van der Waals surface area (Å²) < 4.78 is 12.7. The quantitative estimate of drug-likeness (QED) is 0.831. The van der Waals surface area contributed by atoms with Crippen LogP contribution in [0.2, 0.25) is 0 Å². The number of rotatable bonds is 7. The summed E-state index contributed by atoms with van der Waals surface area (Å²) in [6, 6.07) is 8.62. The van der Waals surface area contributed by atoms with Gasteiger partial charge in [-0.05, 0) is 25.1 Å². The van der Waals surface area contributed by atoms with Crippen LogP contribution in [0.5, 0.6) is 5.75 Å². The Morgan fingerprint density at radius 1 is 1.26 bits per heavy atom. The van der Waals surface area contributed by atoms with Gasteiger partial charge >= 0.3 is 0 Å². The van der Waals surface area contributed by atoms with Crippen molar-refractivity contribution in [2.24, 2.45) is 0 Å². The van der Waals surface area contributed by atoms with Crippen molar-refractivity contribution in [1.82, 2.24) is 9.88 Å². The van der Waals surface area contributed by atoms with Crippen molar-refractivity contribution in [3.63, 3.8) is 0 Å². The van der Waals surface area contributed by atoms with Crippen LogP contribution in [-0.4, -0.2) is 38.0 Å². The van der Waals surface area contributed by atoms with Gasteiger partial charge in [-0.3, -0.25) is 0 Å². The molecule has 0 saturated heterocycles. The molecule has 1 N–H and O–H groups in total. The van der Waals surface area contributed by atoms with Gasteiger partial charge < -0.3 is 19.4 Å². The Hall–Kier alpha value is -1.52. The molecule has 0 aliphatic rings. The summed E-state index contributed by atoms with van der Waals surface area (Å²) in [4.78, 5) is 0. The largest absolute Gasteiger partial charge is 0.496 e. The Morgan fingerprint density at radius 2 is 2.11 bits per heavy atom. The van der Waals surface area contributed by atoms with Gasteiger partial charge in [0, 0.05) is 37.8 Å². The summed E-state index contributed by atoms with van der Waals surface area (Å²) in [5.41, 5.74) is 1.21. The molecule has 104 valence electrons. The van der Waals surface area contributed by atoms with Gasteiger partial charge in [-0.15, -0.1) is 0 Å². The number of nitrogens with one attached hydrogen (secondary N) is 1. The average molecular weight is 262 g/mol. The molecular weight excluding hydrogens is 240 g/mol. The molecule has 2 aromatic rings. The first-order chi connectivity index (χ1) is 9.26. The molecule has 4 heteroatoms. The van der Waals surface area contributed by atoms with Crippen LogP contribution < -0.4 is 10.1 Å². The van der Waals surface area contributed by atoms with Gasteiger partial charge in [-0.2, -0.15) is 0 Å². The first kappa shape index (κ1) is 13.9. The van der Waals surface area contributed by atoms with Gasteiger partial charge in [0.15, 0.2) is 0 Å². The fourth-order valence-electron chi connectivity index (χ4n) is 2.31. The third-order valence-corrected chi connectivity index (χ3v) is 3.26. The van der Waals surface area contributed by atoms with E-state index in [4.69, 9.17) is 9.47 Å². The van der Waals surface area contributed by atoms with Gasteiger partial charge in [0.05, 0.1) is 19.2 Å². The van der Waals surface area contributed by atoms with Crippen LogP contribution in [0.3, 0.4) is 0 Å². The minimum atomic E-state index is 0.376. The van der Waals surface area contributed by atoms with E-state index < -0.39 is 0 Å². The number of aromatic nitrogens is 1. The molecule has 0 spiro atoms. The van der Waals surface area contributed by atoms with Crippen LogP contribution in [-0.2, 0) is 11.3 Å². The monoisotopic (exact) mass is 262 g/mol. The van der Waals surface area contributed by atoms with E-state index in [0.29, 0.717) is 6.04 Å². The van der Waals surface area contributed by atoms with E-state index in [-0.39, 0.29) is 0 Å². The van der Waals surface area contributed by atoms with Gasteiger partial charge in [0.1, 0.15) is 5.75 Å². The second-order valence-corrected chi connectivity index (χ2v) is 4.71. The van der Waals surface area contributed by atoms with Crippen molar-refractivity contribution in [2.45, 2.75) is 19.5 Å². The number of hydrogen-bond donors (Lipinski definition) is 1. The number of ether oxygens (including phenoxy) is 2. The third-order valence-electron chi connectivity index (χ3n) is 3.26. The minimum Gasteiger partial charge on any atom is -0.496 e. The zero-order valence-corrected chi connectivity index (χ0v) is 11.8. The third kappa shape index (κ3) is 3.28. The molecule has 1 unspecified atom stereocenters. The molecule has 0 fully saturated rings. The van der Waals surface area contributed by atoms with Crippen molar-refractivity contribution < 1.29 is 9.47 Å². The molecule has 0 radical (unpaired) electrons. The molecular formula is C15H22N2O2. The van der Waals surface area contributed by atoms with E-state index in [9.17, 15) is 0 Å². The van der Waals surface area contributed by atoms with E-state index in [1.54, 1.807) is 14.2 Å². The molecule has 0 aliphatic heterocycles. The molecule has 0 aliphatic carbocycles. The van der Waals surface area contributed by atoms with Crippen molar-refractivity contribution in [3.05, 3.63) is 30.5 Å². The lowest BCUT2D eigenvalue weighted by Crippen LogP contribution is -2.32. The fraction of sp³-hybridized carbons (Fsp3) is 0.467. The van der Waals surface area contributed by atoms with Gasteiger partial charge in [0.25, 0.3) is 0 Å². The molecule has 1 aromatic heterocycles. The standard InChI is InChI=1S/C15H22N2O2/c1-12(11-18-2)16-8-10-17-9-7-13-14(17)5-4-6-15(13)19-3/h4-7,9,12,16H,8,10-11H2,1-3H3. The van der Waals surface area contributed by atoms with E-state index in [1.807, 2.05) is 12.1 Å². The molecule has 0 amide bonds. The summed E-state index contributed by atoms with van der Waals surface area (Å²) in [5, 5.41) is 4.60. The second-order valence-electron chi connectivity index (χ2n) is 4.71. The van der Waals surface area contributed by atoms with Crippen molar-refractivity contribution in [2.75, 3.05) is 27.4 Å². The highest BCUT2D eigenvalue weighted by Crippen LogP contribution is 2.25. The topological polar surface area (TPSA) is 35.4 Å². The first-order valence-corrected chi connectivity index (χ1v) is 6.60. The molecule has 0 saturated carbocycles. The summed E-state index contributed by atoms with van der Waals surface area (Å²) in [7, 11) is 3.43. The smallest absolute Gasteiger partial charge is 0.128 e. The highest BCUT2D eigenvalue weighted by atomic mass is 16.5. The summed E-state index contributed by atoms with van der Waals surface area (Å²) in [6.45, 7) is 4.72. The maximum atomic E-state index is 5.37. The lowest BCUT2D eigenvalue weighted by molar-refractivity contribution is 0.172. The Morgan fingerprint density at radius 3 is 2.84 bits per heavy atom. The predicted molar refractivity (Wildman–Crippen MR) is 77.8 cm³/mol. The van der Waals surface area contributed by atoms with Crippen LogP contribution >= 0.6 is 0 Å². The SMILES string of the molecule is COCC(C)NCCn1ccc2c(OC)cccc21. The summed E-state index contributed by atoms with van der Waals surface area (Å²) in [5.74, 6) is 0.928. The molecule has 1 atom stereocenters. The minimum absolute atomic E-state index is 0.376. The molecule has 0 bridgehead atoms. The Bertz CT molecular complexity index is 522. The van der Waals surface area contributed by atoms with E-state index >= 15 is 0 Å². The van der Waals surface area contributed by atoms with Crippen LogP contribution in [0.4, 0.5) is 0 Å². The lowest BCUT2D eigenvalue weighted by atomic mass is 10.2. The average Bonchev–Trinajstić information content (AvgIpc) is 2.82. The number of fused-ring (bicyclic) bond motifs is 1. The van der Waals surface area contributed by atoms with Crippen molar-refractivity contribution >= 4 is 10.9 Å². The normalized spacial score (nSPS) is 12.8. The number of nitrogens with zero attached hydrogens (tertiary/aromatic N) is 1. The van der Waals surface area contributed by atoms with Crippen LogP contribution in [0.15, 0.2) is 30.5 Å². The Labute approximate surface area is 114 Å². The zero-order valence-electron chi connectivity index (χ0n) is 11.8. The van der Waals surface area contributed by atoms with Crippen molar-refractivity contribution in [3.8, 4) is 5.75 Å². The maximum absolute atomic E-state index is 5.37. The second kappa shape index (κ2) is 6.59. The van der Waals surface area contributed by atoms with E-state index in [0.717, 1.165) is 30.8 Å². The summed E-state index contributed by atoms with van der Waals surface area (Å²) in [6.07, 6.45) is 2.11. The highest BCUT2D eigenvalue weighted by Gasteiger charge is 2.06. The van der Waals surface area contributed by atoms with Crippen LogP contribution in [0.25, 0.3) is 10.9 Å². The number of benzene rings is 1. The van der Waals surface area contributed by atoms with Crippen LogP contribution in [0, 0.1) is 0 Å². The van der Waals surface area contributed by atoms with Crippen molar-refractivity contribution in [1.29, 1.82) is 0 Å². The zero-order chi connectivity index (χ0) is 13.7. The van der Waals surface area contributed by atoms with Gasteiger partial charge in [-0.1, -0.05) is 6.07 Å². The van der Waals surface area contributed by atoms with Crippen LogP contribution in [0.1, 0.15) is 6.92 Å². The van der Waals surface area contributed by atoms with Gasteiger partial charge in [0.2, 0.25) is 0 Å². The number of hydrogen-bond acceptors (Lipinski definition) is 3. The summed E-state index contributed by atoms with van der Waals surface area (Å²) >= 11 is 0. The van der Waals surface area contributed by atoms with E-state index in [1.165, 1.54) is 5.52 Å². The molecule has 19 heavy (non-hydrogen) atoms. The predicted octanol–water partition coefficient (Wildman–Crippen LogP) is 2.27. The lowest BCUT2D eigenvalue weighted by Gasteiger charge is -2.13. The molecule has 1 aromatic carbocycles. The highest BCUT2D eigenvalue weighted by molar-refractivity contribution is 5.86. The first-order valence-electron chi connectivity index (χ1n) is 6.60. The maximum Gasteiger partial charge on any atom is 0.128 e. The number of methoxy groups -OCH3 is 2. The Kier molecular flexibility index (Phi) is 4.82. The Balaban J connectivity index is 2.01. The molecule has 2 rings (SSSR count). The van der Waals surface area contributed by atoms with E-state index in [2.05, 4.69) is 35.1 Å². The molecule has 4 nitrogen and oxygen atoms in total. The fourth-order valence-corrected chi connectivity index (χ4v) is 2.31. The molecule has 1 heterocycles.